The van der Waals surface area contributed by atoms with Crippen molar-refractivity contribution in [3.05, 3.63) is 83.9 Å². The number of nitrogens with zero attached hydrogens (tertiary/aromatic N) is 10. The summed E-state index contributed by atoms with van der Waals surface area (Å²) in [5, 5.41) is 7.17. The van der Waals surface area contributed by atoms with E-state index in [0.717, 1.165) is 110 Å². The Kier molecular flexibility index (Phi) is 14.7. The highest BCUT2D eigenvalue weighted by Gasteiger charge is 2.50. The van der Waals surface area contributed by atoms with Crippen molar-refractivity contribution in [1.82, 2.24) is 40.5 Å². The Hall–Kier alpha value is -6.68. The van der Waals surface area contributed by atoms with E-state index in [1.165, 1.54) is 0 Å². The molecule has 76 heavy (non-hydrogen) atoms. The molecule has 0 unspecified atom stereocenters. The first-order valence-electron chi connectivity index (χ1n) is 26.5. The van der Waals surface area contributed by atoms with Crippen LogP contribution in [0.25, 0.3) is 44.6 Å². The van der Waals surface area contributed by atoms with Crippen molar-refractivity contribution in [1.29, 1.82) is 0 Å². The summed E-state index contributed by atoms with van der Waals surface area (Å²) in [6, 6.07) is 23.4. The van der Waals surface area contributed by atoms with Crippen LogP contribution in [0.5, 0.6) is 0 Å². The first kappa shape index (κ1) is 51.4. The van der Waals surface area contributed by atoms with Crippen LogP contribution in [0, 0.1) is 0 Å². The second-order valence-corrected chi connectivity index (χ2v) is 20.8. The summed E-state index contributed by atoms with van der Waals surface area (Å²) in [7, 11) is 6.78. The fourth-order valence-electron chi connectivity index (χ4n) is 11.4. The normalized spacial score (nSPS) is 25.4. The van der Waals surface area contributed by atoms with Crippen LogP contribution >= 0.6 is 0 Å². The molecule has 12 rings (SSSR count). The lowest BCUT2D eigenvalue weighted by Gasteiger charge is -2.51. The number of hydrogen-bond donors (Lipinski definition) is 2. The zero-order valence-electron chi connectivity index (χ0n) is 44.3. The Morgan fingerprint density at radius 1 is 0.566 bits per heavy atom. The van der Waals surface area contributed by atoms with Crippen molar-refractivity contribution in [3.8, 4) is 22.5 Å². The molecule has 6 aliphatic rings. The number of fused-ring (bicyclic) bond motifs is 2. The summed E-state index contributed by atoms with van der Waals surface area (Å²) in [5.74, 6) is 2.82. The van der Waals surface area contributed by atoms with Crippen LogP contribution in [-0.2, 0) is 28.4 Å². The average Bonchev–Trinajstić information content (AvgIpc) is 3.51. The van der Waals surface area contributed by atoms with E-state index < -0.39 is 0 Å². The van der Waals surface area contributed by atoms with Crippen molar-refractivity contribution in [2.75, 3.05) is 127 Å². The monoisotopic (exact) mass is 1040 g/mol. The molecule has 8 heterocycles. The van der Waals surface area contributed by atoms with Crippen LogP contribution in [0.15, 0.2) is 72.8 Å². The largest absolute Gasteiger partial charge is 0.381 e. The minimum Gasteiger partial charge on any atom is -0.381 e. The van der Waals surface area contributed by atoms with Gasteiger partial charge < -0.3 is 58.7 Å². The Morgan fingerprint density at radius 2 is 1.00 bits per heavy atom. The predicted octanol–water partition coefficient (Wildman–Crippen LogP) is 5.32. The Labute approximate surface area is 442 Å². The van der Waals surface area contributed by atoms with Crippen LogP contribution in [0.4, 0.5) is 23.5 Å². The lowest BCUT2D eigenvalue weighted by atomic mass is 9.76. The van der Waals surface area contributed by atoms with E-state index in [0.29, 0.717) is 74.0 Å². The molecule has 2 aliphatic carbocycles. The maximum Gasteiger partial charge on any atom is 0.251 e. The van der Waals surface area contributed by atoms with Gasteiger partial charge in [0.25, 0.3) is 11.8 Å². The van der Waals surface area contributed by atoms with Gasteiger partial charge in [-0.2, -0.15) is 19.9 Å². The molecular weight excluding hydrogens is 969 g/mol. The van der Waals surface area contributed by atoms with E-state index >= 15 is 0 Å². The van der Waals surface area contributed by atoms with E-state index in [2.05, 4.69) is 44.1 Å². The third-order valence-corrected chi connectivity index (χ3v) is 15.8. The second-order valence-electron chi connectivity index (χ2n) is 20.8. The minimum absolute atomic E-state index is 0.131. The van der Waals surface area contributed by atoms with Gasteiger partial charge in [0.15, 0.2) is 11.3 Å². The smallest absolute Gasteiger partial charge is 0.251 e. The number of morpholine rings is 4. The fraction of sp³-hybridized carbons (Fsp3) is 0.500. The molecular formula is C56H68N12O8. The van der Waals surface area contributed by atoms with E-state index in [9.17, 15) is 9.59 Å². The number of carbonyl (C=O) groups is 2. The summed E-state index contributed by atoms with van der Waals surface area (Å²) in [4.78, 5) is 63.6. The number of pyridine rings is 2. The summed E-state index contributed by atoms with van der Waals surface area (Å²) in [5.41, 5.74) is 5.27. The number of carbonyl (C=O) groups excluding carboxylic acids is 2. The molecule has 6 fully saturated rings. The lowest BCUT2D eigenvalue weighted by Crippen LogP contribution is -2.61. The zero-order chi connectivity index (χ0) is 52.6. The Bertz CT molecular complexity index is 2890. The molecule has 400 valence electrons. The van der Waals surface area contributed by atoms with Gasteiger partial charge in [-0.05, 0) is 62.4 Å². The minimum atomic E-state index is -0.209. The predicted molar refractivity (Wildman–Crippen MR) is 289 cm³/mol. The summed E-state index contributed by atoms with van der Waals surface area (Å²) in [6.45, 7) is 12.6. The number of methoxy groups -OCH3 is 2. The van der Waals surface area contributed by atoms with Crippen LogP contribution in [0.1, 0.15) is 60.2 Å². The maximum atomic E-state index is 12.2. The van der Waals surface area contributed by atoms with Gasteiger partial charge in [0, 0.05) is 102 Å². The van der Waals surface area contributed by atoms with Crippen molar-refractivity contribution < 1.29 is 38.0 Å². The number of amides is 2. The van der Waals surface area contributed by atoms with Gasteiger partial charge in [-0.1, -0.05) is 24.3 Å². The molecule has 20 heteroatoms. The number of aromatic nitrogens is 6. The molecule has 2 spiro atoms. The molecule has 0 bridgehead atoms. The van der Waals surface area contributed by atoms with Gasteiger partial charge in [-0.3, -0.25) is 9.59 Å². The molecule has 2 amide bonds. The highest BCUT2D eigenvalue weighted by molar-refractivity contribution is 5.97. The van der Waals surface area contributed by atoms with Crippen molar-refractivity contribution in [2.45, 2.75) is 75.0 Å². The number of nitrogens with one attached hydrogen (secondary N) is 2. The van der Waals surface area contributed by atoms with Crippen LogP contribution < -0.4 is 30.2 Å². The fourth-order valence-corrected chi connectivity index (χ4v) is 11.4. The van der Waals surface area contributed by atoms with Crippen LogP contribution in [0.2, 0.25) is 0 Å². The first-order valence-corrected chi connectivity index (χ1v) is 26.5. The van der Waals surface area contributed by atoms with E-state index in [-0.39, 0.29) is 47.3 Å². The first-order chi connectivity index (χ1) is 37.0. The molecule has 2 saturated carbocycles. The number of rotatable bonds is 10. The van der Waals surface area contributed by atoms with Crippen molar-refractivity contribution in [3.63, 3.8) is 0 Å². The van der Waals surface area contributed by atoms with Gasteiger partial charge in [-0.15, -0.1) is 0 Å². The van der Waals surface area contributed by atoms with E-state index in [1.54, 1.807) is 40.4 Å². The molecule has 4 aliphatic heterocycles. The second kappa shape index (κ2) is 21.7. The number of hydrogen-bond acceptors (Lipinski definition) is 18. The standard InChI is InChI=1S/2C28H34N6O4/c2*1-18-16-37-11-10-34(18)25-22-7-8-23(19-5-4-6-20(13-19)26(35)29-2)30-24(22)31-27(32-25)33-9-12-38-28(17-33)14-21(15-28)36-3/h2*4-8,13,18,21H,9-12,14-17H2,1-3H3,(H,29,35)/t2*18-,21?,28?/m00/s1. The highest BCUT2D eigenvalue weighted by Crippen LogP contribution is 2.43. The van der Waals surface area contributed by atoms with Crippen molar-refractivity contribution >= 4 is 57.4 Å². The molecule has 4 saturated heterocycles. The number of anilines is 4. The molecule has 2 atom stereocenters. The van der Waals surface area contributed by atoms with Gasteiger partial charge in [-0.25, -0.2) is 9.97 Å². The SMILES string of the molecule is CNC(=O)c1cccc(-c2ccc3c(N4CCOC[C@@H]4C)nc(N4CCOC5(CC(OC)C5)C4)nc3n2)c1.CNC(=O)c1cccc(-c2ccc3c(N4CCOC[C@@H]4C)nc(N4CCOC5(CC(OC)C5)C4)nc3n2)c1. The Morgan fingerprint density at radius 3 is 1.39 bits per heavy atom. The average molecular weight is 1040 g/mol. The number of benzene rings is 2. The summed E-state index contributed by atoms with van der Waals surface area (Å²) < 4.78 is 34.9. The zero-order valence-corrected chi connectivity index (χ0v) is 44.3. The van der Waals surface area contributed by atoms with Gasteiger partial charge in [0.2, 0.25) is 11.9 Å². The Balaban J connectivity index is 0.000000162. The topological polar surface area (TPSA) is 204 Å². The molecule has 6 aromatic rings. The third-order valence-electron chi connectivity index (χ3n) is 15.8. The molecule has 4 aromatic heterocycles. The molecule has 2 aromatic carbocycles. The van der Waals surface area contributed by atoms with Gasteiger partial charge >= 0.3 is 0 Å². The van der Waals surface area contributed by atoms with Crippen LogP contribution in [-0.4, -0.2) is 184 Å². The number of ether oxygens (including phenoxy) is 6. The quantitative estimate of drug-likeness (QED) is 0.178. The van der Waals surface area contributed by atoms with Gasteiger partial charge in [0.1, 0.15) is 11.6 Å². The maximum absolute atomic E-state index is 12.2. The molecule has 2 N–H and O–H groups in total. The molecule has 20 nitrogen and oxygen atoms in total. The summed E-state index contributed by atoms with van der Waals surface area (Å²) >= 11 is 0. The van der Waals surface area contributed by atoms with E-state index in [4.69, 9.17) is 58.3 Å². The highest BCUT2D eigenvalue weighted by atomic mass is 16.5. The van der Waals surface area contributed by atoms with Crippen molar-refractivity contribution in [2.24, 2.45) is 0 Å². The summed E-state index contributed by atoms with van der Waals surface area (Å²) in [6.07, 6.45) is 4.01. The molecule has 0 radical (unpaired) electrons. The lowest BCUT2D eigenvalue weighted by molar-refractivity contribution is -0.168. The third kappa shape index (κ3) is 10.3. The van der Waals surface area contributed by atoms with Gasteiger partial charge in [0.05, 0.1) is 110 Å². The van der Waals surface area contributed by atoms with Crippen LogP contribution in [0.3, 0.4) is 0 Å². The van der Waals surface area contributed by atoms with E-state index in [1.807, 2.05) is 60.7 Å².